The average molecular weight is 178 g/mol. The molecule has 0 saturated carbocycles. The number of carbonyl (C=O) groups is 1. The summed E-state index contributed by atoms with van der Waals surface area (Å²) in [6.45, 7) is 2.34. The van der Waals surface area contributed by atoms with Crippen molar-refractivity contribution in [3.8, 4) is 0 Å². The Morgan fingerprint density at radius 3 is 2.64 bits per heavy atom. The Morgan fingerprint density at radius 1 is 1.73 bits per heavy atom. The fraction of sp³-hybridized carbons (Fsp3) is 0.857. The molecule has 0 bridgehead atoms. The van der Waals surface area contributed by atoms with E-state index in [1.54, 1.807) is 7.11 Å². The van der Waals surface area contributed by atoms with Gasteiger partial charge in [0, 0.05) is 18.3 Å². The lowest BCUT2D eigenvalue weighted by molar-refractivity contribution is -0.137. The van der Waals surface area contributed by atoms with E-state index in [0.29, 0.717) is 13.0 Å². The van der Waals surface area contributed by atoms with Gasteiger partial charge in [0.05, 0.1) is 6.61 Å². The molecule has 0 aromatic rings. The minimum Gasteiger partial charge on any atom is -0.481 e. The van der Waals surface area contributed by atoms with Crippen molar-refractivity contribution in [2.45, 2.75) is 24.5 Å². The summed E-state index contributed by atoms with van der Waals surface area (Å²) in [5.74, 6) is -0.790. The van der Waals surface area contributed by atoms with Crippen molar-refractivity contribution in [2.75, 3.05) is 13.7 Å². The van der Waals surface area contributed by atoms with Gasteiger partial charge in [-0.25, -0.2) is 0 Å². The first kappa shape index (κ1) is 10.8. The summed E-state index contributed by atoms with van der Waals surface area (Å²) < 4.78 is 4.54. The van der Waals surface area contributed by atoms with Crippen molar-refractivity contribution in [1.82, 2.24) is 0 Å². The highest BCUT2D eigenvalue weighted by molar-refractivity contribution is 7.81. The molecule has 0 saturated heterocycles. The van der Waals surface area contributed by atoms with Gasteiger partial charge in [-0.2, -0.15) is 12.6 Å². The first-order chi connectivity index (χ1) is 4.98. The van der Waals surface area contributed by atoms with Crippen LogP contribution in [0.2, 0.25) is 0 Å². The van der Waals surface area contributed by atoms with Crippen LogP contribution < -0.4 is 0 Å². The highest BCUT2D eigenvalue weighted by atomic mass is 32.1. The van der Waals surface area contributed by atoms with Gasteiger partial charge in [0.15, 0.2) is 0 Å². The molecule has 0 aromatic heterocycles. The van der Waals surface area contributed by atoms with Crippen molar-refractivity contribution in [2.24, 2.45) is 0 Å². The van der Waals surface area contributed by atoms with Gasteiger partial charge in [-0.1, -0.05) is 0 Å². The van der Waals surface area contributed by atoms with Crippen LogP contribution in [0, 0.1) is 0 Å². The van der Waals surface area contributed by atoms with Crippen molar-refractivity contribution < 1.29 is 14.6 Å². The van der Waals surface area contributed by atoms with Gasteiger partial charge in [0.2, 0.25) is 0 Å². The molecule has 0 aromatic carbocycles. The van der Waals surface area contributed by atoms with Crippen LogP contribution in [0.3, 0.4) is 0 Å². The molecule has 0 fully saturated rings. The number of hydrogen-bond donors (Lipinski definition) is 2. The van der Waals surface area contributed by atoms with Gasteiger partial charge in [-0.15, -0.1) is 0 Å². The molecule has 4 heteroatoms. The summed E-state index contributed by atoms with van der Waals surface area (Å²) in [6.07, 6.45) is 0.669. The van der Waals surface area contributed by atoms with Crippen molar-refractivity contribution in [1.29, 1.82) is 0 Å². The number of ether oxygens (including phenoxy) is 1. The first-order valence-electron chi connectivity index (χ1n) is 3.41. The summed E-state index contributed by atoms with van der Waals surface area (Å²) in [7, 11) is 1.58. The summed E-state index contributed by atoms with van der Waals surface area (Å²) in [6, 6.07) is 0. The third kappa shape index (κ3) is 6.19. The lowest BCUT2D eigenvalue weighted by Crippen LogP contribution is -2.24. The normalized spacial score (nSPS) is 15.9. The second-order valence-electron chi connectivity index (χ2n) is 2.82. The van der Waals surface area contributed by atoms with E-state index in [-0.39, 0.29) is 11.2 Å². The topological polar surface area (TPSA) is 46.5 Å². The number of rotatable bonds is 5. The molecule has 0 radical (unpaired) electrons. The molecule has 1 unspecified atom stereocenters. The van der Waals surface area contributed by atoms with E-state index in [9.17, 15) is 4.79 Å². The number of methoxy groups -OCH3 is 1. The van der Waals surface area contributed by atoms with Crippen LogP contribution in [0.5, 0.6) is 0 Å². The highest BCUT2D eigenvalue weighted by Crippen LogP contribution is 2.20. The summed E-state index contributed by atoms with van der Waals surface area (Å²) in [5, 5.41) is 8.37. The maximum Gasteiger partial charge on any atom is 0.303 e. The molecule has 0 aliphatic carbocycles. The van der Waals surface area contributed by atoms with Crippen LogP contribution in [-0.2, 0) is 9.53 Å². The van der Waals surface area contributed by atoms with Gasteiger partial charge < -0.3 is 9.84 Å². The van der Waals surface area contributed by atoms with E-state index < -0.39 is 5.97 Å². The predicted octanol–water partition coefficient (Wildman–Crippen LogP) is 1.19. The fourth-order valence-corrected chi connectivity index (χ4v) is 1.00. The summed E-state index contributed by atoms with van der Waals surface area (Å²) >= 11 is 4.25. The molecule has 0 aliphatic rings. The maximum atomic E-state index is 10.2. The third-order valence-electron chi connectivity index (χ3n) is 1.33. The highest BCUT2D eigenvalue weighted by Gasteiger charge is 2.19. The molecular weight excluding hydrogens is 164 g/mol. The number of hydrogen-bond acceptors (Lipinski definition) is 3. The smallest absolute Gasteiger partial charge is 0.303 e. The van der Waals surface area contributed by atoms with E-state index in [4.69, 9.17) is 9.84 Å². The molecule has 0 spiro atoms. The fourth-order valence-electron chi connectivity index (χ4n) is 0.759. The molecule has 1 atom stereocenters. The zero-order chi connectivity index (χ0) is 8.91. The van der Waals surface area contributed by atoms with E-state index in [1.165, 1.54) is 0 Å². The zero-order valence-corrected chi connectivity index (χ0v) is 7.73. The molecule has 11 heavy (non-hydrogen) atoms. The molecular formula is C7H14O3S. The molecule has 0 amide bonds. The quantitative estimate of drug-likeness (QED) is 0.621. The number of carboxylic acids is 1. The molecule has 3 nitrogen and oxygen atoms in total. The monoisotopic (exact) mass is 178 g/mol. The number of carboxylic acid groups (broad SMARTS) is 1. The van der Waals surface area contributed by atoms with Crippen molar-refractivity contribution >= 4 is 18.6 Å². The maximum absolute atomic E-state index is 10.2. The molecule has 1 N–H and O–H groups in total. The Labute approximate surface area is 72.2 Å². The Kier molecular flexibility index (Phi) is 4.52. The zero-order valence-electron chi connectivity index (χ0n) is 6.83. The van der Waals surface area contributed by atoms with Crippen LogP contribution in [0.4, 0.5) is 0 Å². The van der Waals surface area contributed by atoms with E-state index in [0.717, 1.165) is 0 Å². The van der Waals surface area contributed by atoms with Crippen LogP contribution in [0.15, 0.2) is 0 Å². The van der Waals surface area contributed by atoms with Crippen LogP contribution in [0.1, 0.15) is 19.8 Å². The van der Waals surface area contributed by atoms with Gasteiger partial charge in [0.1, 0.15) is 0 Å². The number of thiol groups is 1. The Hall–Kier alpha value is -0.220. The molecule has 0 rings (SSSR count). The molecule has 66 valence electrons. The summed E-state index contributed by atoms with van der Waals surface area (Å²) in [5.41, 5.74) is 0. The van der Waals surface area contributed by atoms with Gasteiger partial charge in [0.25, 0.3) is 0 Å². The van der Waals surface area contributed by atoms with E-state index in [1.807, 2.05) is 6.92 Å². The Balaban J connectivity index is 3.63. The lowest BCUT2D eigenvalue weighted by Gasteiger charge is -2.20. The van der Waals surface area contributed by atoms with Gasteiger partial charge in [-0.05, 0) is 13.3 Å². The predicted molar refractivity (Wildman–Crippen MR) is 46.1 cm³/mol. The second kappa shape index (κ2) is 4.62. The van der Waals surface area contributed by atoms with Crippen molar-refractivity contribution in [3.05, 3.63) is 0 Å². The average Bonchev–Trinajstić information content (AvgIpc) is 1.84. The third-order valence-corrected chi connectivity index (χ3v) is 1.69. The molecule has 0 heterocycles. The first-order valence-corrected chi connectivity index (χ1v) is 3.86. The second-order valence-corrected chi connectivity index (χ2v) is 3.90. The SMILES string of the molecule is COCC(C)(S)CCC(=O)O. The summed E-state index contributed by atoms with van der Waals surface area (Å²) in [4.78, 5) is 10.2. The van der Waals surface area contributed by atoms with E-state index in [2.05, 4.69) is 12.6 Å². The van der Waals surface area contributed by atoms with Crippen LogP contribution in [0.25, 0.3) is 0 Å². The van der Waals surface area contributed by atoms with Crippen LogP contribution >= 0.6 is 12.6 Å². The Morgan fingerprint density at radius 2 is 2.27 bits per heavy atom. The molecule has 0 aliphatic heterocycles. The minimum absolute atomic E-state index is 0.142. The van der Waals surface area contributed by atoms with E-state index >= 15 is 0 Å². The van der Waals surface area contributed by atoms with Gasteiger partial charge >= 0.3 is 5.97 Å². The van der Waals surface area contributed by atoms with Crippen molar-refractivity contribution in [3.63, 3.8) is 0 Å². The minimum atomic E-state index is -0.790. The Bertz CT molecular complexity index is 134. The number of aliphatic carboxylic acids is 1. The van der Waals surface area contributed by atoms with Gasteiger partial charge in [-0.3, -0.25) is 4.79 Å². The standard InChI is InChI=1S/C7H14O3S/c1-7(11,5-10-2)4-3-6(8)9/h11H,3-5H2,1-2H3,(H,8,9). The lowest BCUT2D eigenvalue weighted by atomic mass is 10.1. The largest absolute Gasteiger partial charge is 0.481 e. The van der Waals surface area contributed by atoms with Crippen LogP contribution in [-0.4, -0.2) is 29.5 Å².